The van der Waals surface area contributed by atoms with Crippen molar-refractivity contribution in [3.05, 3.63) is 143 Å². The van der Waals surface area contributed by atoms with E-state index in [9.17, 15) is 24.6 Å². The molecule has 0 radical (unpaired) electrons. The maximum Gasteiger partial charge on any atom is 0.343 e. The number of aromatic hydroxyl groups is 1. The zero-order valence-electron chi connectivity index (χ0n) is 28.0. The highest BCUT2D eigenvalue weighted by Crippen LogP contribution is 2.28. The lowest BCUT2D eigenvalue weighted by Crippen LogP contribution is -2.08. The van der Waals surface area contributed by atoms with Gasteiger partial charge in [0, 0.05) is 11.6 Å². The zero-order valence-corrected chi connectivity index (χ0v) is 28.0. The van der Waals surface area contributed by atoms with Gasteiger partial charge in [-0.25, -0.2) is 9.59 Å². The molecule has 0 aliphatic rings. The van der Waals surface area contributed by atoms with Crippen molar-refractivity contribution in [1.29, 1.82) is 0 Å². The largest absolute Gasteiger partial charge is 0.507 e. The van der Waals surface area contributed by atoms with Crippen molar-refractivity contribution in [2.24, 2.45) is 0 Å². The molecule has 0 amide bonds. The van der Waals surface area contributed by atoms with Crippen LogP contribution in [-0.2, 0) is 0 Å². The van der Waals surface area contributed by atoms with E-state index >= 15 is 0 Å². The molecule has 0 atom stereocenters. The normalized spacial score (nSPS) is 10.7. The number of phenolic OH excluding ortho intramolecular Hbond substituents is 1. The summed E-state index contributed by atoms with van der Waals surface area (Å²) in [5.41, 5.74) is 3.66. The number of ketones is 1. The third-order valence-corrected chi connectivity index (χ3v) is 8.20. The molecule has 256 valence electrons. The van der Waals surface area contributed by atoms with Crippen molar-refractivity contribution in [2.45, 2.75) is 45.4 Å². The molecular formula is C42H40O8. The lowest BCUT2D eigenvalue weighted by molar-refractivity contribution is 0.0695. The molecule has 0 spiro atoms. The third kappa shape index (κ3) is 9.82. The number of esters is 1. The standard InChI is InChI=1S/C42H40O8/c1-29-13-23-36(41(45)46)38(27-29)30-14-20-34(21-15-30)50-42(47)32-16-18-33(19-17-32)48-25-9-4-2-3-5-10-26-49-35-22-24-37(39(43)28-35)40(44)31-11-7-6-8-12-31/h6-8,11-24,27-28,43H,2-5,9-10,25-26H2,1H3,(H,45,46). The van der Waals surface area contributed by atoms with Gasteiger partial charge in [0.25, 0.3) is 0 Å². The summed E-state index contributed by atoms with van der Waals surface area (Å²) in [5, 5.41) is 19.9. The molecule has 0 saturated carbocycles. The number of ether oxygens (including phenoxy) is 3. The Balaban J connectivity index is 0.945. The number of unbranched alkanes of at least 4 members (excludes halogenated alkanes) is 5. The van der Waals surface area contributed by atoms with Gasteiger partial charge in [0.2, 0.25) is 0 Å². The molecule has 50 heavy (non-hydrogen) atoms. The zero-order chi connectivity index (χ0) is 35.3. The van der Waals surface area contributed by atoms with Crippen LogP contribution >= 0.6 is 0 Å². The van der Waals surface area contributed by atoms with Crippen molar-refractivity contribution in [3.8, 4) is 34.1 Å². The molecule has 0 aliphatic heterocycles. The molecule has 5 rings (SSSR count). The predicted molar refractivity (Wildman–Crippen MR) is 192 cm³/mol. The van der Waals surface area contributed by atoms with Crippen LogP contribution < -0.4 is 14.2 Å². The minimum atomic E-state index is -1.000. The number of hydrogen-bond donors (Lipinski definition) is 2. The number of carboxylic acid groups (broad SMARTS) is 1. The summed E-state index contributed by atoms with van der Waals surface area (Å²) >= 11 is 0. The van der Waals surface area contributed by atoms with E-state index in [1.165, 1.54) is 6.07 Å². The Hall–Kier alpha value is -5.89. The fraction of sp³-hybridized carbons (Fsp3) is 0.214. The van der Waals surface area contributed by atoms with Gasteiger partial charge in [0.1, 0.15) is 23.0 Å². The molecular weight excluding hydrogens is 632 g/mol. The molecule has 0 fully saturated rings. The molecule has 0 aromatic heterocycles. The average molecular weight is 673 g/mol. The van der Waals surface area contributed by atoms with E-state index in [0.29, 0.717) is 47.2 Å². The van der Waals surface area contributed by atoms with E-state index in [-0.39, 0.29) is 22.7 Å². The van der Waals surface area contributed by atoms with E-state index in [2.05, 4.69) is 0 Å². The second-order valence-electron chi connectivity index (χ2n) is 12.0. The lowest BCUT2D eigenvalue weighted by atomic mass is 9.97. The maximum absolute atomic E-state index is 12.7. The number of carboxylic acids is 1. The van der Waals surface area contributed by atoms with Gasteiger partial charge in [-0.05, 0) is 85.5 Å². The highest BCUT2D eigenvalue weighted by Gasteiger charge is 2.15. The Morgan fingerprint density at radius 2 is 1.16 bits per heavy atom. The molecule has 0 saturated heterocycles. The number of carbonyl (C=O) groups excluding carboxylic acids is 2. The number of rotatable bonds is 17. The van der Waals surface area contributed by atoms with Crippen LogP contribution in [0.15, 0.2) is 115 Å². The van der Waals surface area contributed by atoms with Gasteiger partial charge < -0.3 is 24.4 Å². The molecule has 5 aromatic rings. The summed E-state index contributed by atoms with van der Waals surface area (Å²) in [7, 11) is 0. The molecule has 5 aromatic carbocycles. The van der Waals surface area contributed by atoms with E-state index in [4.69, 9.17) is 14.2 Å². The van der Waals surface area contributed by atoms with Crippen molar-refractivity contribution in [3.63, 3.8) is 0 Å². The second kappa shape index (κ2) is 17.5. The summed E-state index contributed by atoms with van der Waals surface area (Å²) < 4.78 is 17.1. The Kier molecular flexibility index (Phi) is 12.4. The summed E-state index contributed by atoms with van der Waals surface area (Å²) in [6.07, 6.45) is 6.03. The van der Waals surface area contributed by atoms with Crippen LogP contribution in [0.4, 0.5) is 0 Å². The molecule has 2 N–H and O–H groups in total. The number of aromatic carboxylic acids is 1. The third-order valence-electron chi connectivity index (χ3n) is 8.20. The summed E-state index contributed by atoms with van der Waals surface area (Å²) in [5.74, 6) is -0.233. The monoisotopic (exact) mass is 672 g/mol. The number of carbonyl (C=O) groups is 3. The summed E-state index contributed by atoms with van der Waals surface area (Å²) in [6, 6.07) is 32.4. The first-order chi connectivity index (χ1) is 24.3. The molecule has 0 heterocycles. The van der Waals surface area contributed by atoms with Gasteiger partial charge in [-0.15, -0.1) is 0 Å². The van der Waals surface area contributed by atoms with E-state index in [0.717, 1.165) is 49.7 Å². The minimum Gasteiger partial charge on any atom is -0.507 e. The summed E-state index contributed by atoms with van der Waals surface area (Å²) in [6.45, 7) is 3.02. The van der Waals surface area contributed by atoms with Crippen molar-refractivity contribution < 1.29 is 38.8 Å². The Bertz CT molecular complexity index is 1900. The highest BCUT2D eigenvalue weighted by molar-refractivity contribution is 6.10. The van der Waals surface area contributed by atoms with Crippen LogP contribution in [0.1, 0.15) is 80.7 Å². The number of phenols is 1. The van der Waals surface area contributed by atoms with Crippen LogP contribution in [0.25, 0.3) is 11.1 Å². The van der Waals surface area contributed by atoms with Gasteiger partial charge >= 0.3 is 11.9 Å². The van der Waals surface area contributed by atoms with E-state index < -0.39 is 11.9 Å². The highest BCUT2D eigenvalue weighted by atomic mass is 16.5. The molecule has 0 unspecified atom stereocenters. The van der Waals surface area contributed by atoms with Crippen LogP contribution in [0.2, 0.25) is 0 Å². The van der Waals surface area contributed by atoms with Gasteiger partial charge in [0.05, 0.1) is 29.9 Å². The van der Waals surface area contributed by atoms with Gasteiger partial charge in [-0.3, -0.25) is 4.79 Å². The minimum absolute atomic E-state index is 0.0886. The van der Waals surface area contributed by atoms with Crippen molar-refractivity contribution in [1.82, 2.24) is 0 Å². The number of aryl methyl sites for hydroxylation is 1. The molecule has 0 aliphatic carbocycles. The first-order valence-corrected chi connectivity index (χ1v) is 16.7. The van der Waals surface area contributed by atoms with E-state index in [1.54, 1.807) is 97.1 Å². The van der Waals surface area contributed by atoms with E-state index in [1.807, 2.05) is 19.1 Å². The quantitative estimate of drug-likeness (QED) is 0.0434. The second-order valence-corrected chi connectivity index (χ2v) is 12.0. The lowest BCUT2D eigenvalue weighted by Gasteiger charge is -2.10. The van der Waals surface area contributed by atoms with Gasteiger partial charge in [-0.2, -0.15) is 0 Å². The molecule has 0 bridgehead atoms. The van der Waals surface area contributed by atoms with Crippen LogP contribution in [0, 0.1) is 6.92 Å². The Morgan fingerprint density at radius 3 is 1.80 bits per heavy atom. The van der Waals surface area contributed by atoms with Gasteiger partial charge in [0.15, 0.2) is 5.78 Å². The molecule has 8 nitrogen and oxygen atoms in total. The van der Waals surface area contributed by atoms with Crippen molar-refractivity contribution >= 4 is 17.7 Å². The Morgan fingerprint density at radius 1 is 0.580 bits per heavy atom. The summed E-state index contributed by atoms with van der Waals surface area (Å²) in [4.78, 5) is 36.9. The predicted octanol–water partition coefficient (Wildman–Crippen LogP) is 9.31. The van der Waals surface area contributed by atoms with Crippen molar-refractivity contribution in [2.75, 3.05) is 13.2 Å². The first-order valence-electron chi connectivity index (χ1n) is 16.7. The van der Waals surface area contributed by atoms with Crippen LogP contribution in [0.3, 0.4) is 0 Å². The smallest absolute Gasteiger partial charge is 0.343 e. The first kappa shape index (κ1) is 35.4. The Labute approximate surface area is 291 Å². The SMILES string of the molecule is Cc1ccc(C(=O)O)c(-c2ccc(OC(=O)c3ccc(OCCCCCCCCOc4ccc(C(=O)c5ccccc5)c(O)c4)cc3)cc2)c1. The number of hydrogen-bond acceptors (Lipinski definition) is 7. The fourth-order valence-electron chi connectivity index (χ4n) is 5.47. The number of benzene rings is 5. The topological polar surface area (TPSA) is 119 Å². The van der Waals surface area contributed by atoms with Crippen LogP contribution in [-0.4, -0.2) is 41.1 Å². The molecule has 8 heteroatoms. The maximum atomic E-state index is 12.7. The van der Waals surface area contributed by atoms with Crippen LogP contribution in [0.5, 0.6) is 23.0 Å². The van der Waals surface area contributed by atoms with Gasteiger partial charge in [-0.1, -0.05) is 85.8 Å². The fourth-order valence-corrected chi connectivity index (χ4v) is 5.47. The average Bonchev–Trinajstić information content (AvgIpc) is 3.13.